The van der Waals surface area contributed by atoms with Crippen molar-refractivity contribution in [1.29, 1.82) is 0 Å². The van der Waals surface area contributed by atoms with E-state index >= 15 is 0 Å². The molecule has 0 atom stereocenters. The molecule has 26 heavy (non-hydrogen) atoms. The maximum absolute atomic E-state index is 12.1. The molecule has 0 spiro atoms. The fraction of sp³-hybridized carbons (Fsp3) is 0.294. The Morgan fingerprint density at radius 2 is 2.08 bits per heavy atom. The Morgan fingerprint density at radius 3 is 2.85 bits per heavy atom. The van der Waals surface area contributed by atoms with E-state index in [0.717, 1.165) is 17.0 Å². The van der Waals surface area contributed by atoms with Crippen LogP contribution >= 0.6 is 0 Å². The van der Waals surface area contributed by atoms with Gasteiger partial charge in [-0.2, -0.15) is 10.1 Å². The SMILES string of the molecule is Cc1nc2ncnn2c(C)c1CCC(=O)OCc1ccccc1[N+](=O)[O-]. The van der Waals surface area contributed by atoms with Crippen LogP contribution in [0, 0.1) is 24.0 Å². The first-order chi connectivity index (χ1) is 12.5. The zero-order valence-corrected chi connectivity index (χ0v) is 14.4. The normalized spacial score (nSPS) is 10.8. The molecule has 2 heterocycles. The van der Waals surface area contributed by atoms with Crippen LogP contribution in [0.25, 0.3) is 5.78 Å². The molecule has 3 rings (SSSR count). The largest absolute Gasteiger partial charge is 0.461 e. The summed E-state index contributed by atoms with van der Waals surface area (Å²) in [7, 11) is 0. The van der Waals surface area contributed by atoms with Crippen molar-refractivity contribution in [2.75, 3.05) is 0 Å². The van der Waals surface area contributed by atoms with E-state index < -0.39 is 10.9 Å². The van der Waals surface area contributed by atoms with Gasteiger partial charge in [0.05, 0.1) is 10.5 Å². The van der Waals surface area contributed by atoms with Crippen molar-refractivity contribution in [3.63, 3.8) is 0 Å². The Balaban J connectivity index is 1.64. The molecule has 0 aliphatic heterocycles. The third-order valence-corrected chi connectivity index (χ3v) is 4.14. The van der Waals surface area contributed by atoms with Gasteiger partial charge >= 0.3 is 5.97 Å². The molecule has 9 heteroatoms. The van der Waals surface area contributed by atoms with Crippen molar-refractivity contribution >= 4 is 17.4 Å². The number of aromatic nitrogens is 4. The van der Waals surface area contributed by atoms with Crippen molar-refractivity contribution < 1.29 is 14.5 Å². The van der Waals surface area contributed by atoms with Gasteiger partial charge in [-0.3, -0.25) is 14.9 Å². The van der Waals surface area contributed by atoms with Crippen LogP contribution in [0.4, 0.5) is 5.69 Å². The number of benzene rings is 1. The number of fused-ring (bicyclic) bond motifs is 1. The van der Waals surface area contributed by atoms with E-state index in [1.54, 1.807) is 22.7 Å². The predicted octanol–water partition coefficient (Wildman–Crippen LogP) is 2.33. The number of rotatable bonds is 6. The zero-order chi connectivity index (χ0) is 18.7. The van der Waals surface area contributed by atoms with Gasteiger partial charge in [-0.05, 0) is 31.9 Å². The molecule has 0 aliphatic carbocycles. The first kappa shape index (κ1) is 17.5. The number of carbonyl (C=O) groups is 1. The van der Waals surface area contributed by atoms with Gasteiger partial charge < -0.3 is 4.74 Å². The molecule has 0 aliphatic rings. The van der Waals surface area contributed by atoms with Crippen LogP contribution in [0.3, 0.4) is 0 Å². The summed E-state index contributed by atoms with van der Waals surface area (Å²) in [6, 6.07) is 6.20. The Kier molecular flexibility index (Phi) is 4.87. The summed E-state index contributed by atoms with van der Waals surface area (Å²) in [6.07, 6.45) is 2.01. The molecule has 0 saturated heterocycles. The minimum absolute atomic E-state index is 0.0622. The summed E-state index contributed by atoms with van der Waals surface area (Å²) >= 11 is 0. The summed E-state index contributed by atoms with van der Waals surface area (Å²) < 4.78 is 6.82. The molecule has 0 fully saturated rings. The molecule has 2 aromatic heterocycles. The maximum Gasteiger partial charge on any atom is 0.306 e. The number of hydrogen-bond acceptors (Lipinski definition) is 7. The Morgan fingerprint density at radius 1 is 1.31 bits per heavy atom. The van der Waals surface area contributed by atoms with E-state index in [2.05, 4.69) is 15.1 Å². The summed E-state index contributed by atoms with van der Waals surface area (Å²) in [6.45, 7) is 3.62. The van der Waals surface area contributed by atoms with Gasteiger partial charge in [-0.15, -0.1) is 0 Å². The highest BCUT2D eigenvalue weighted by Crippen LogP contribution is 2.19. The highest BCUT2D eigenvalue weighted by atomic mass is 16.6. The van der Waals surface area contributed by atoms with Gasteiger partial charge in [-0.1, -0.05) is 12.1 Å². The summed E-state index contributed by atoms with van der Waals surface area (Å²) in [5, 5.41) is 15.1. The van der Waals surface area contributed by atoms with Crippen LogP contribution in [0.2, 0.25) is 0 Å². The summed E-state index contributed by atoms with van der Waals surface area (Å²) in [5.41, 5.74) is 2.87. The van der Waals surface area contributed by atoms with Gasteiger partial charge in [0.1, 0.15) is 12.9 Å². The van der Waals surface area contributed by atoms with Crippen molar-refractivity contribution in [2.24, 2.45) is 0 Å². The van der Waals surface area contributed by atoms with Crippen LogP contribution in [0.15, 0.2) is 30.6 Å². The molecule has 0 radical (unpaired) electrons. The summed E-state index contributed by atoms with van der Waals surface area (Å²) in [5.74, 6) is 0.0864. The second-order valence-corrected chi connectivity index (χ2v) is 5.78. The number of nitro groups is 1. The molecular formula is C17H17N5O4. The average molecular weight is 355 g/mol. The topological polar surface area (TPSA) is 113 Å². The quantitative estimate of drug-likeness (QED) is 0.379. The monoisotopic (exact) mass is 355 g/mol. The standard InChI is InChI=1S/C17H17N5O4/c1-11-14(12(2)21-17(20-11)18-10-19-21)7-8-16(23)26-9-13-5-3-4-6-15(13)22(24)25/h3-6,10H,7-9H2,1-2H3. The smallest absolute Gasteiger partial charge is 0.306 e. The Bertz CT molecular complexity index is 982. The second-order valence-electron chi connectivity index (χ2n) is 5.78. The lowest BCUT2D eigenvalue weighted by Gasteiger charge is -2.10. The third-order valence-electron chi connectivity index (χ3n) is 4.14. The van der Waals surface area contributed by atoms with Crippen molar-refractivity contribution in [2.45, 2.75) is 33.3 Å². The average Bonchev–Trinajstić information content (AvgIpc) is 3.08. The highest BCUT2D eigenvalue weighted by molar-refractivity contribution is 5.70. The van der Waals surface area contributed by atoms with Crippen LogP contribution in [0.5, 0.6) is 0 Å². The molecule has 1 aromatic carbocycles. The number of hydrogen-bond donors (Lipinski definition) is 0. The first-order valence-corrected chi connectivity index (χ1v) is 8.01. The number of carbonyl (C=O) groups excluding carboxylic acids is 1. The number of ether oxygens (including phenoxy) is 1. The van der Waals surface area contributed by atoms with E-state index in [-0.39, 0.29) is 18.7 Å². The molecular weight excluding hydrogens is 338 g/mol. The van der Waals surface area contributed by atoms with Gasteiger partial charge in [0, 0.05) is 23.9 Å². The fourth-order valence-corrected chi connectivity index (χ4v) is 2.79. The zero-order valence-electron chi connectivity index (χ0n) is 14.4. The number of nitro benzene ring substituents is 1. The van der Waals surface area contributed by atoms with E-state index in [1.165, 1.54) is 12.4 Å². The number of para-hydroxylation sites is 1. The van der Waals surface area contributed by atoms with Gasteiger partial charge in [0.15, 0.2) is 0 Å². The molecule has 0 saturated carbocycles. The highest BCUT2D eigenvalue weighted by Gasteiger charge is 2.16. The first-order valence-electron chi connectivity index (χ1n) is 8.01. The molecule has 3 aromatic rings. The molecule has 9 nitrogen and oxygen atoms in total. The van der Waals surface area contributed by atoms with Gasteiger partial charge in [0.25, 0.3) is 11.5 Å². The van der Waals surface area contributed by atoms with Crippen LogP contribution in [0.1, 0.15) is 28.9 Å². The minimum atomic E-state index is -0.491. The Labute approximate surface area is 148 Å². The fourth-order valence-electron chi connectivity index (χ4n) is 2.79. The lowest BCUT2D eigenvalue weighted by Crippen LogP contribution is -2.10. The van der Waals surface area contributed by atoms with E-state index in [0.29, 0.717) is 17.8 Å². The maximum atomic E-state index is 12.1. The summed E-state index contributed by atoms with van der Waals surface area (Å²) in [4.78, 5) is 31.0. The van der Waals surface area contributed by atoms with Crippen LogP contribution in [-0.4, -0.2) is 30.5 Å². The van der Waals surface area contributed by atoms with Crippen LogP contribution < -0.4 is 0 Å². The lowest BCUT2D eigenvalue weighted by molar-refractivity contribution is -0.385. The predicted molar refractivity (Wildman–Crippen MR) is 91.5 cm³/mol. The molecule has 0 unspecified atom stereocenters. The molecule has 134 valence electrons. The van der Waals surface area contributed by atoms with E-state index in [9.17, 15) is 14.9 Å². The molecule has 0 bridgehead atoms. The third kappa shape index (κ3) is 3.51. The number of esters is 1. The van der Waals surface area contributed by atoms with Gasteiger partial charge in [-0.25, -0.2) is 9.50 Å². The van der Waals surface area contributed by atoms with E-state index in [4.69, 9.17) is 4.74 Å². The molecule has 0 amide bonds. The number of nitrogens with zero attached hydrogens (tertiary/aromatic N) is 5. The lowest BCUT2D eigenvalue weighted by atomic mass is 10.1. The van der Waals surface area contributed by atoms with Gasteiger partial charge in [0.2, 0.25) is 0 Å². The molecule has 0 N–H and O–H groups in total. The minimum Gasteiger partial charge on any atom is -0.461 e. The number of aryl methyl sites for hydroxylation is 2. The van der Waals surface area contributed by atoms with Crippen molar-refractivity contribution in [1.82, 2.24) is 19.6 Å². The van der Waals surface area contributed by atoms with E-state index in [1.807, 2.05) is 13.8 Å². The van der Waals surface area contributed by atoms with Crippen molar-refractivity contribution in [3.05, 3.63) is 63.2 Å². The van der Waals surface area contributed by atoms with Crippen LogP contribution in [-0.2, 0) is 22.6 Å². The van der Waals surface area contributed by atoms with Crippen molar-refractivity contribution in [3.8, 4) is 0 Å². The second kappa shape index (κ2) is 7.26. The Hall–Kier alpha value is -3.36.